The van der Waals surface area contributed by atoms with Crippen LogP contribution < -0.4 is 0 Å². The van der Waals surface area contributed by atoms with Crippen LogP contribution in [0.25, 0.3) is 0 Å². The largest absolute Gasteiger partial charge is 0.481 e. The number of carboxylic acid groups (broad SMARTS) is 1. The summed E-state index contributed by atoms with van der Waals surface area (Å²) in [5.41, 5.74) is -2.41. The highest BCUT2D eigenvalue weighted by molar-refractivity contribution is 8.47. The number of carbonyl (C=O) groups is 6. The number of nitrogens with zero attached hydrogens (tertiary/aromatic N) is 2. The molecule has 2 amide bonds. The Bertz CT molecular complexity index is 1260. The monoisotopic (exact) mass is 953 g/mol. The third kappa shape index (κ3) is 26.3. The van der Waals surface area contributed by atoms with Crippen molar-refractivity contribution in [2.45, 2.75) is 129 Å². The summed E-state index contributed by atoms with van der Waals surface area (Å²) >= 11 is 7.89. The van der Waals surface area contributed by atoms with Gasteiger partial charge in [0.1, 0.15) is 22.3 Å². The Morgan fingerprint density at radius 1 is 0.661 bits per heavy atom. The number of amides is 2. The lowest BCUT2D eigenvalue weighted by Gasteiger charge is -2.34. The van der Waals surface area contributed by atoms with Crippen molar-refractivity contribution < 1.29 is 67.0 Å². The van der Waals surface area contributed by atoms with Gasteiger partial charge in [0, 0.05) is 40.4 Å². The molecule has 2 heterocycles. The number of carboxylic acids is 1. The molecule has 62 heavy (non-hydrogen) atoms. The van der Waals surface area contributed by atoms with Crippen LogP contribution in [0.5, 0.6) is 0 Å². The number of esters is 2. The van der Waals surface area contributed by atoms with Gasteiger partial charge in [0.25, 0.3) is 6.47 Å². The van der Waals surface area contributed by atoms with Gasteiger partial charge in [-0.2, -0.15) is 0 Å². The fourth-order valence-corrected chi connectivity index (χ4v) is 9.08. The SMILES string of the molecule is C.C.C.C.C.C.C.C.COCCOC(=O)C(CC(SC(=S)SC(CC(CC(C)(C)C(=O)O)C(=O)OCCOC)C(=O)N1CCOCC1)C(=O)N1CCOCC1)CC(C)(C)OC=O. The topological polar surface area (TPSA) is 194 Å². The molecule has 2 saturated heterocycles. The molecule has 2 aliphatic heterocycles. The Morgan fingerprint density at radius 2 is 1.02 bits per heavy atom. The van der Waals surface area contributed by atoms with Gasteiger partial charge in [-0.1, -0.05) is 95.2 Å². The first-order valence-electron chi connectivity index (χ1n) is 17.8. The van der Waals surface area contributed by atoms with Crippen LogP contribution in [0.1, 0.15) is 113 Å². The molecular weight excluding hydrogens is 865 g/mol. The van der Waals surface area contributed by atoms with E-state index in [2.05, 4.69) is 0 Å². The molecule has 19 heteroatoms. The lowest BCUT2D eigenvalue weighted by atomic mass is 9.81. The van der Waals surface area contributed by atoms with Crippen molar-refractivity contribution in [3.63, 3.8) is 0 Å². The number of aliphatic carboxylic acids is 1. The van der Waals surface area contributed by atoms with Crippen LogP contribution in [0.3, 0.4) is 0 Å². The van der Waals surface area contributed by atoms with Crippen molar-refractivity contribution >= 4 is 75.5 Å². The molecule has 4 atom stereocenters. The second kappa shape index (κ2) is 37.8. The van der Waals surface area contributed by atoms with Crippen LogP contribution in [-0.4, -0.2) is 164 Å². The molecular formula is C43H88N2O14S3. The second-order valence-corrected chi connectivity index (χ2v) is 17.7. The normalized spacial score (nSPS) is 15.2. The highest BCUT2D eigenvalue weighted by Gasteiger charge is 2.41. The number of morpholine rings is 2. The molecule has 2 rings (SSSR count). The fourth-order valence-electron chi connectivity index (χ4n) is 5.84. The van der Waals surface area contributed by atoms with E-state index in [1.165, 1.54) is 28.1 Å². The third-order valence-electron chi connectivity index (χ3n) is 8.84. The number of methoxy groups -OCH3 is 2. The molecule has 2 fully saturated rings. The summed E-state index contributed by atoms with van der Waals surface area (Å²) in [4.78, 5) is 81.8. The Hall–Kier alpha value is -2.55. The van der Waals surface area contributed by atoms with Gasteiger partial charge in [-0.25, -0.2) is 0 Å². The molecule has 0 saturated carbocycles. The minimum absolute atomic E-state index is 0. The number of thioether (sulfide) groups is 2. The third-order valence-corrected chi connectivity index (χ3v) is 11.7. The minimum Gasteiger partial charge on any atom is -0.481 e. The van der Waals surface area contributed by atoms with E-state index in [-0.39, 0.29) is 127 Å². The van der Waals surface area contributed by atoms with Gasteiger partial charge in [0.05, 0.1) is 67.4 Å². The molecule has 1 N–H and O–H groups in total. The zero-order valence-corrected chi connectivity index (χ0v) is 34.5. The van der Waals surface area contributed by atoms with E-state index < -0.39 is 51.3 Å². The van der Waals surface area contributed by atoms with Gasteiger partial charge in [-0.15, -0.1) is 0 Å². The molecule has 0 aromatic heterocycles. The van der Waals surface area contributed by atoms with E-state index in [1.807, 2.05) is 0 Å². The number of carbonyl (C=O) groups excluding carboxylic acids is 5. The van der Waals surface area contributed by atoms with E-state index in [4.69, 9.17) is 45.4 Å². The maximum atomic E-state index is 14.1. The van der Waals surface area contributed by atoms with Crippen molar-refractivity contribution in [3.8, 4) is 0 Å². The first kappa shape index (κ1) is 73.8. The van der Waals surface area contributed by atoms with Crippen molar-refractivity contribution in [1.29, 1.82) is 0 Å². The summed E-state index contributed by atoms with van der Waals surface area (Å²) in [5.74, 6) is -4.91. The molecule has 372 valence electrons. The van der Waals surface area contributed by atoms with E-state index in [9.17, 15) is 33.9 Å². The molecule has 0 radical (unpaired) electrons. The number of hydrogen-bond donors (Lipinski definition) is 1. The van der Waals surface area contributed by atoms with E-state index in [0.29, 0.717) is 59.1 Å². The maximum Gasteiger partial charge on any atom is 0.309 e. The van der Waals surface area contributed by atoms with Gasteiger partial charge in [0.2, 0.25) is 11.8 Å². The lowest BCUT2D eigenvalue weighted by Crippen LogP contribution is -2.47. The number of ether oxygens (including phenoxy) is 7. The first-order chi connectivity index (χ1) is 25.5. The second-order valence-electron chi connectivity index (χ2n) is 14.1. The Balaban J connectivity index is -0.000000756. The molecule has 0 bridgehead atoms. The Labute approximate surface area is 390 Å². The maximum absolute atomic E-state index is 14.1. The summed E-state index contributed by atoms with van der Waals surface area (Å²) < 4.78 is 37.3. The highest BCUT2D eigenvalue weighted by Crippen LogP contribution is 2.38. The van der Waals surface area contributed by atoms with Crippen LogP contribution in [0.4, 0.5) is 0 Å². The minimum atomic E-state index is -1.33. The molecule has 0 aliphatic carbocycles. The van der Waals surface area contributed by atoms with E-state index in [0.717, 1.165) is 23.5 Å². The van der Waals surface area contributed by atoms with Crippen molar-refractivity contribution in [2.75, 3.05) is 93.3 Å². The Morgan fingerprint density at radius 3 is 1.34 bits per heavy atom. The number of hydrogen-bond acceptors (Lipinski definition) is 16. The van der Waals surface area contributed by atoms with Crippen molar-refractivity contribution in [1.82, 2.24) is 9.80 Å². The van der Waals surface area contributed by atoms with Crippen molar-refractivity contribution in [3.05, 3.63) is 0 Å². The standard InChI is InChI=1S/C35H56N2O14S3.8CH4/c1-34(2,32(43)44)21-24(30(41)49-17-15-45-5)19-26(28(39)36-7-11-47-12-8-36)53-33(52)54-27(29(40)37-9-13-48-14-10-37)20-25(22-35(3,4)51-23-38)31(42)50-18-16-46-6;;;;;;;;/h23-27H,7-22H2,1-6H3,(H,43,44);8*1H4. The zero-order valence-electron chi connectivity index (χ0n) is 32.1. The molecule has 0 spiro atoms. The van der Waals surface area contributed by atoms with Crippen LogP contribution >= 0.6 is 35.7 Å². The van der Waals surface area contributed by atoms with Gasteiger partial charge in [-0.05, 0) is 53.4 Å². The summed E-state index contributed by atoms with van der Waals surface area (Å²) in [6.45, 7) is 9.34. The zero-order chi connectivity index (χ0) is 40.3. The van der Waals surface area contributed by atoms with Gasteiger partial charge in [0.15, 0.2) is 0 Å². The summed E-state index contributed by atoms with van der Waals surface area (Å²) in [7, 11) is 2.92. The number of thiocarbonyl (C=S) groups is 1. The average molecular weight is 953 g/mol. The predicted octanol–water partition coefficient (Wildman–Crippen LogP) is 7.52. The van der Waals surface area contributed by atoms with Crippen LogP contribution in [0.15, 0.2) is 0 Å². The smallest absolute Gasteiger partial charge is 0.309 e. The van der Waals surface area contributed by atoms with Crippen LogP contribution in [-0.2, 0) is 61.9 Å². The average Bonchev–Trinajstić information content (AvgIpc) is 3.13. The van der Waals surface area contributed by atoms with Crippen LogP contribution in [0.2, 0.25) is 0 Å². The van der Waals surface area contributed by atoms with Crippen molar-refractivity contribution in [2.24, 2.45) is 17.3 Å². The predicted molar refractivity (Wildman–Crippen MR) is 258 cm³/mol. The van der Waals surface area contributed by atoms with E-state index in [1.54, 1.807) is 23.6 Å². The molecule has 0 aromatic rings. The van der Waals surface area contributed by atoms with Gasteiger partial charge in [-0.3, -0.25) is 28.8 Å². The Kier molecular flexibility index (Phi) is 45.0. The lowest BCUT2D eigenvalue weighted by molar-refractivity contribution is -0.156. The van der Waals surface area contributed by atoms with Gasteiger partial charge >= 0.3 is 17.9 Å². The molecule has 0 aromatic carbocycles. The summed E-state index contributed by atoms with van der Waals surface area (Å²) in [6, 6.07) is 0. The summed E-state index contributed by atoms with van der Waals surface area (Å²) in [6.07, 6.45) is -0.222. The summed E-state index contributed by atoms with van der Waals surface area (Å²) in [5, 5.41) is 8.03. The van der Waals surface area contributed by atoms with Gasteiger partial charge < -0.3 is 48.1 Å². The highest BCUT2D eigenvalue weighted by atomic mass is 32.2. The first-order valence-corrected chi connectivity index (χ1v) is 20.0. The van der Waals surface area contributed by atoms with Crippen LogP contribution in [0, 0.1) is 17.3 Å². The van der Waals surface area contributed by atoms with E-state index >= 15 is 0 Å². The number of rotatable bonds is 23. The fraction of sp³-hybridized carbons (Fsp3) is 0.837. The quantitative estimate of drug-likeness (QED) is 0.0347. The molecule has 16 nitrogen and oxygen atoms in total. The molecule has 2 aliphatic rings. The molecule has 4 unspecified atom stereocenters.